The van der Waals surface area contributed by atoms with Gasteiger partial charge in [-0.15, -0.1) is 37.1 Å². The van der Waals surface area contributed by atoms with Crippen LogP contribution in [-0.4, -0.2) is 43.4 Å². The minimum absolute atomic E-state index is 0. The van der Waals surface area contributed by atoms with Crippen LogP contribution in [0, 0.1) is 0 Å². The topological polar surface area (TPSA) is 62.9 Å². The standard InChI is InChI=1S/C15H23F3N4O.HI/c1-3-22(4-2)11-7-10-20-14(19)21-12-8-5-6-9-13(12)23-15(16,17)18;/h5-6,8-9H,3-4,7,10-11H2,1-2H3,(H3,19,20,21);1H. The third kappa shape index (κ3) is 9.16. The number of hydrogen-bond donors (Lipinski definition) is 2. The fraction of sp³-hybridized carbons (Fsp3) is 0.533. The minimum Gasteiger partial charge on any atom is -0.404 e. The summed E-state index contributed by atoms with van der Waals surface area (Å²) in [5, 5.41) is 2.64. The van der Waals surface area contributed by atoms with Gasteiger partial charge in [0.1, 0.15) is 0 Å². The first-order chi connectivity index (χ1) is 10.9. The highest BCUT2D eigenvalue weighted by atomic mass is 127. The minimum atomic E-state index is -4.76. The summed E-state index contributed by atoms with van der Waals surface area (Å²) in [5.74, 6) is -0.288. The summed E-state index contributed by atoms with van der Waals surface area (Å²) in [7, 11) is 0. The molecule has 0 aromatic heterocycles. The molecule has 9 heteroatoms. The number of nitrogens with zero attached hydrogens (tertiary/aromatic N) is 2. The van der Waals surface area contributed by atoms with Gasteiger partial charge in [-0.1, -0.05) is 26.0 Å². The highest BCUT2D eigenvalue weighted by molar-refractivity contribution is 14.0. The third-order valence-electron chi connectivity index (χ3n) is 3.18. The van der Waals surface area contributed by atoms with Crippen molar-refractivity contribution in [3.8, 4) is 5.75 Å². The Morgan fingerprint density at radius 2 is 1.88 bits per heavy atom. The highest BCUT2D eigenvalue weighted by Gasteiger charge is 2.32. The molecule has 1 rings (SSSR count). The maximum absolute atomic E-state index is 12.3. The zero-order valence-corrected chi connectivity index (χ0v) is 16.1. The summed E-state index contributed by atoms with van der Waals surface area (Å²) < 4.78 is 40.9. The van der Waals surface area contributed by atoms with Gasteiger partial charge in [0.25, 0.3) is 0 Å². The van der Waals surface area contributed by atoms with Crippen molar-refractivity contribution in [2.24, 2.45) is 10.7 Å². The number of ether oxygens (including phenoxy) is 1. The van der Waals surface area contributed by atoms with E-state index in [1.165, 1.54) is 18.2 Å². The number of halogens is 4. The predicted molar refractivity (Wildman–Crippen MR) is 101 cm³/mol. The number of benzene rings is 1. The largest absolute Gasteiger partial charge is 0.573 e. The van der Waals surface area contributed by atoms with Crippen LogP contribution >= 0.6 is 24.0 Å². The van der Waals surface area contributed by atoms with Crippen molar-refractivity contribution >= 4 is 35.6 Å². The van der Waals surface area contributed by atoms with Gasteiger partial charge in [-0.05, 0) is 38.2 Å². The molecular weight excluding hydrogens is 436 g/mol. The van der Waals surface area contributed by atoms with Gasteiger partial charge in [0, 0.05) is 6.54 Å². The Morgan fingerprint density at radius 1 is 1.25 bits per heavy atom. The smallest absolute Gasteiger partial charge is 0.404 e. The Bertz CT molecular complexity index is 508. The molecule has 24 heavy (non-hydrogen) atoms. The van der Waals surface area contributed by atoms with Gasteiger partial charge in [-0.2, -0.15) is 0 Å². The third-order valence-corrected chi connectivity index (χ3v) is 3.18. The zero-order chi connectivity index (χ0) is 17.3. The van der Waals surface area contributed by atoms with E-state index in [9.17, 15) is 13.2 Å². The second-order valence-electron chi connectivity index (χ2n) is 4.82. The van der Waals surface area contributed by atoms with Crippen molar-refractivity contribution in [3.05, 3.63) is 24.3 Å². The van der Waals surface area contributed by atoms with Crippen molar-refractivity contribution in [1.29, 1.82) is 0 Å². The lowest BCUT2D eigenvalue weighted by atomic mass is 10.3. The summed E-state index contributed by atoms with van der Waals surface area (Å²) in [4.78, 5) is 6.37. The molecule has 0 amide bonds. The first-order valence-corrected chi connectivity index (χ1v) is 7.49. The fourth-order valence-corrected chi connectivity index (χ4v) is 1.99. The molecule has 1 aromatic rings. The first kappa shape index (κ1) is 22.8. The number of anilines is 1. The zero-order valence-electron chi connectivity index (χ0n) is 13.8. The second-order valence-corrected chi connectivity index (χ2v) is 4.82. The summed E-state index contributed by atoms with van der Waals surface area (Å²) in [5.41, 5.74) is 5.83. The van der Waals surface area contributed by atoms with Crippen molar-refractivity contribution in [3.63, 3.8) is 0 Å². The first-order valence-electron chi connectivity index (χ1n) is 7.49. The van der Waals surface area contributed by atoms with E-state index in [0.29, 0.717) is 6.54 Å². The number of aliphatic imine (C=N–C) groups is 1. The van der Waals surface area contributed by atoms with Gasteiger partial charge in [-0.25, -0.2) is 0 Å². The number of rotatable bonds is 8. The molecule has 0 aliphatic rings. The van der Waals surface area contributed by atoms with Crippen LogP contribution in [0.5, 0.6) is 5.75 Å². The van der Waals surface area contributed by atoms with E-state index in [1.54, 1.807) is 6.07 Å². The molecule has 0 aliphatic heterocycles. The van der Waals surface area contributed by atoms with Gasteiger partial charge in [0.15, 0.2) is 11.7 Å². The molecule has 0 fully saturated rings. The monoisotopic (exact) mass is 460 g/mol. The number of nitrogens with one attached hydrogen (secondary N) is 1. The molecule has 0 aliphatic carbocycles. The van der Waals surface area contributed by atoms with Gasteiger partial charge in [-0.3, -0.25) is 4.99 Å². The lowest BCUT2D eigenvalue weighted by Crippen LogP contribution is -2.26. The van der Waals surface area contributed by atoms with Crippen molar-refractivity contribution in [2.75, 3.05) is 31.5 Å². The molecule has 0 radical (unpaired) electrons. The van der Waals surface area contributed by atoms with Crippen molar-refractivity contribution in [1.82, 2.24) is 4.90 Å². The molecule has 3 N–H and O–H groups in total. The van der Waals surface area contributed by atoms with E-state index in [1.807, 2.05) is 0 Å². The van der Waals surface area contributed by atoms with E-state index in [4.69, 9.17) is 5.73 Å². The highest BCUT2D eigenvalue weighted by Crippen LogP contribution is 2.29. The van der Waals surface area contributed by atoms with Crippen molar-refractivity contribution in [2.45, 2.75) is 26.6 Å². The summed E-state index contributed by atoms with van der Waals surface area (Å²) in [6.07, 6.45) is -3.93. The van der Waals surface area contributed by atoms with Crippen LogP contribution in [0.1, 0.15) is 20.3 Å². The fourth-order valence-electron chi connectivity index (χ4n) is 1.99. The van der Waals surface area contributed by atoms with E-state index >= 15 is 0 Å². The van der Waals surface area contributed by atoms with E-state index in [-0.39, 0.29) is 41.4 Å². The number of guanidine groups is 1. The Labute approximate surface area is 157 Å². The Kier molecular flexibility index (Phi) is 10.8. The Balaban J connectivity index is 0.00000529. The molecule has 0 spiro atoms. The summed E-state index contributed by atoms with van der Waals surface area (Å²) in [6.45, 7) is 7.50. The predicted octanol–water partition coefficient (Wildman–Crippen LogP) is 3.66. The van der Waals surface area contributed by atoms with Gasteiger partial charge < -0.3 is 20.7 Å². The summed E-state index contributed by atoms with van der Waals surface area (Å²) >= 11 is 0. The SMILES string of the molecule is CCN(CC)CCCN=C(N)Nc1ccccc1OC(F)(F)F.I. The molecule has 0 saturated carbocycles. The molecule has 0 bridgehead atoms. The maximum Gasteiger partial charge on any atom is 0.573 e. The van der Waals surface area contributed by atoms with Crippen LogP contribution in [0.3, 0.4) is 0 Å². The van der Waals surface area contributed by atoms with Crippen molar-refractivity contribution < 1.29 is 17.9 Å². The molecule has 0 atom stereocenters. The van der Waals surface area contributed by atoms with Crippen LogP contribution in [0.4, 0.5) is 18.9 Å². The quantitative estimate of drug-likeness (QED) is 0.269. The van der Waals surface area contributed by atoms with Crippen LogP contribution in [0.2, 0.25) is 0 Å². The molecule has 0 unspecified atom stereocenters. The van der Waals surface area contributed by atoms with Crippen LogP contribution in [-0.2, 0) is 0 Å². The second kappa shape index (κ2) is 11.3. The van der Waals surface area contributed by atoms with Crippen LogP contribution < -0.4 is 15.8 Å². The lowest BCUT2D eigenvalue weighted by Gasteiger charge is -2.17. The Morgan fingerprint density at radius 3 is 2.46 bits per heavy atom. The molecule has 1 aromatic carbocycles. The van der Waals surface area contributed by atoms with Crippen LogP contribution in [0.15, 0.2) is 29.3 Å². The number of alkyl halides is 3. The number of hydrogen-bond acceptors (Lipinski definition) is 3. The number of para-hydroxylation sites is 2. The number of nitrogens with two attached hydrogens (primary N) is 1. The lowest BCUT2D eigenvalue weighted by molar-refractivity contribution is -0.274. The van der Waals surface area contributed by atoms with Gasteiger partial charge in [0.05, 0.1) is 5.69 Å². The molecular formula is C15H24F3IN4O. The van der Waals surface area contributed by atoms with Gasteiger partial charge >= 0.3 is 6.36 Å². The summed E-state index contributed by atoms with van der Waals surface area (Å²) in [6, 6.07) is 5.69. The average Bonchev–Trinajstić information content (AvgIpc) is 2.48. The maximum atomic E-state index is 12.3. The van der Waals surface area contributed by atoms with E-state index in [2.05, 4.69) is 33.8 Å². The van der Waals surface area contributed by atoms with Crippen LogP contribution in [0.25, 0.3) is 0 Å². The molecule has 5 nitrogen and oxygen atoms in total. The molecule has 138 valence electrons. The molecule has 0 heterocycles. The van der Waals surface area contributed by atoms with E-state index in [0.717, 1.165) is 26.1 Å². The average molecular weight is 460 g/mol. The van der Waals surface area contributed by atoms with Gasteiger partial charge in [0.2, 0.25) is 0 Å². The van der Waals surface area contributed by atoms with E-state index < -0.39 is 6.36 Å². The molecule has 0 saturated heterocycles. The Hall–Kier alpha value is -1.23. The normalized spacial score (nSPS) is 12.0.